The average Bonchev–Trinajstić information content (AvgIpc) is 2.64. The van der Waals surface area contributed by atoms with Crippen LogP contribution in [0.4, 0.5) is 4.79 Å². The van der Waals surface area contributed by atoms with Gasteiger partial charge in [-0.05, 0) is 62.6 Å². The number of allylic oxidation sites excluding steroid dienone is 3. The number of amidine groups is 1. The summed E-state index contributed by atoms with van der Waals surface area (Å²) in [4.78, 5) is 17.6. The van der Waals surface area contributed by atoms with E-state index in [1.54, 1.807) is 14.2 Å². The molecular weight excluding hydrogens is 484 g/mol. The van der Waals surface area contributed by atoms with Crippen LogP contribution in [-0.4, -0.2) is 42.4 Å². The number of aliphatic imine (C=N–C) groups is 1. The molecule has 0 fully saturated rings. The van der Waals surface area contributed by atoms with E-state index in [1.807, 2.05) is 31.2 Å². The fourth-order valence-electron chi connectivity index (χ4n) is 3.20. The van der Waals surface area contributed by atoms with Crippen LogP contribution in [0.3, 0.4) is 0 Å². The van der Waals surface area contributed by atoms with Gasteiger partial charge in [0, 0.05) is 16.6 Å². The number of hydrogen-bond donors (Lipinski definition) is 1. The van der Waals surface area contributed by atoms with Crippen LogP contribution in [0.2, 0.25) is 0 Å². The molecule has 0 aromatic heterocycles. The van der Waals surface area contributed by atoms with Crippen molar-refractivity contribution in [2.24, 2.45) is 4.99 Å². The van der Waals surface area contributed by atoms with Gasteiger partial charge in [0.05, 0.1) is 24.7 Å². The molecule has 144 valence electrons. The quantitative estimate of drug-likeness (QED) is 0.597. The lowest BCUT2D eigenvalue weighted by Gasteiger charge is -2.42. The smallest absolute Gasteiger partial charge is 0.493 e. The third-order valence-corrected chi connectivity index (χ3v) is 5.82. The average molecular weight is 502 g/mol. The SMILES string of the molecule is COc1ccc(C2CC(OC(=O)O)N=C3C(Br)=CC(Br)=C(C)N32)cc1OC. The Labute approximate surface area is 173 Å². The molecule has 0 bridgehead atoms. The van der Waals surface area contributed by atoms with Crippen molar-refractivity contribution in [1.82, 2.24) is 4.90 Å². The van der Waals surface area contributed by atoms with E-state index in [2.05, 4.69) is 41.8 Å². The first-order valence-corrected chi connectivity index (χ1v) is 9.66. The molecule has 7 nitrogen and oxygen atoms in total. The molecule has 9 heteroatoms. The largest absolute Gasteiger partial charge is 0.507 e. The monoisotopic (exact) mass is 500 g/mol. The van der Waals surface area contributed by atoms with E-state index in [1.165, 1.54) is 0 Å². The van der Waals surface area contributed by atoms with Crippen molar-refractivity contribution in [3.05, 3.63) is 44.5 Å². The minimum atomic E-state index is -1.35. The minimum Gasteiger partial charge on any atom is -0.493 e. The summed E-state index contributed by atoms with van der Waals surface area (Å²) in [6.07, 6.45) is 0.0912. The Bertz CT molecular complexity index is 865. The van der Waals surface area contributed by atoms with Crippen LogP contribution in [0, 0.1) is 0 Å². The zero-order valence-corrected chi connectivity index (χ0v) is 18.1. The predicted molar refractivity (Wildman–Crippen MR) is 108 cm³/mol. The molecule has 2 aliphatic heterocycles. The maximum absolute atomic E-state index is 11.1. The lowest BCUT2D eigenvalue weighted by Crippen LogP contribution is -2.42. The molecule has 0 saturated heterocycles. The molecule has 1 N–H and O–H groups in total. The molecule has 0 saturated carbocycles. The molecule has 0 radical (unpaired) electrons. The number of carboxylic acid groups (broad SMARTS) is 1. The van der Waals surface area contributed by atoms with Gasteiger partial charge in [-0.1, -0.05) is 6.07 Å². The third-order valence-electron chi connectivity index (χ3n) is 4.43. The number of benzene rings is 1. The molecular formula is C18H18Br2N2O5. The van der Waals surface area contributed by atoms with Crippen molar-refractivity contribution in [2.75, 3.05) is 14.2 Å². The number of methoxy groups -OCH3 is 2. The predicted octanol–water partition coefficient (Wildman–Crippen LogP) is 4.79. The van der Waals surface area contributed by atoms with Crippen LogP contribution in [0.5, 0.6) is 11.5 Å². The van der Waals surface area contributed by atoms with Gasteiger partial charge in [0.1, 0.15) is 5.84 Å². The van der Waals surface area contributed by atoms with Gasteiger partial charge < -0.3 is 24.2 Å². The summed E-state index contributed by atoms with van der Waals surface area (Å²) < 4.78 is 17.4. The van der Waals surface area contributed by atoms with Gasteiger partial charge in [-0.2, -0.15) is 0 Å². The van der Waals surface area contributed by atoms with Gasteiger partial charge in [0.2, 0.25) is 6.23 Å². The van der Waals surface area contributed by atoms with Crippen LogP contribution in [0.25, 0.3) is 0 Å². The maximum atomic E-state index is 11.1. The van der Waals surface area contributed by atoms with Crippen molar-refractivity contribution < 1.29 is 24.1 Å². The maximum Gasteiger partial charge on any atom is 0.507 e. The van der Waals surface area contributed by atoms with Crippen molar-refractivity contribution in [1.29, 1.82) is 0 Å². The van der Waals surface area contributed by atoms with Crippen LogP contribution in [-0.2, 0) is 4.74 Å². The zero-order valence-electron chi connectivity index (χ0n) is 14.9. The second-order valence-electron chi connectivity index (χ2n) is 5.95. The number of carbonyl (C=O) groups is 1. The van der Waals surface area contributed by atoms with E-state index in [9.17, 15) is 4.79 Å². The van der Waals surface area contributed by atoms with Crippen molar-refractivity contribution in [2.45, 2.75) is 25.6 Å². The lowest BCUT2D eigenvalue weighted by atomic mass is 9.97. The molecule has 2 atom stereocenters. The topological polar surface area (TPSA) is 80.6 Å². The highest BCUT2D eigenvalue weighted by atomic mass is 79.9. The van der Waals surface area contributed by atoms with E-state index >= 15 is 0 Å². The first kappa shape index (κ1) is 19.8. The van der Waals surface area contributed by atoms with Gasteiger partial charge in [-0.15, -0.1) is 0 Å². The van der Waals surface area contributed by atoms with E-state index in [-0.39, 0.29) is 6.04 Å². The highest BCUT2D eigenvalue weighted by molar-refractivity contribution is 9.12. The Balaban J connectivity index is 2.09. The number of fused-ring (bicyclic) bond motifs is 1. The molecule has 2 aliphatic rings. The first-order chi connectivity index (χ1) is 12.8. The van der Waals surface area contributed by atoms with E-state index in [0.29, 0.717) is 23.8 Å². The van der Waals surface area contributed by atoms with Crippen LogP contribution in [0.1, 0.15) is 24.9 Å². The molecule has 0 aliphatic carbocycles. The van der Waals surface area contributed by atoms with Crippen molar-refractivity contribution >= 4 is 43.9 Å². The van der Waals surface area contributed by atoms with Crippen LogP contribution < -0.4 is 9.47 Å². The van der Waals surface area contributed by atoms with Crippen LogP contribution in [0.15, 0.2) is 43.9 Å². The summed E-state index contributed by atoms with van der Waals surface area (Å²) in [5.41, 5.74) is 1.89. The van der Waals surface area contributed by atoms with E-state index in [4.69, 9.17) is 19.3 Å². The summed E-state index contributed by atoms with van der Waals surface area (Å²) in [7, 11) is 3.16. The molecule has 1 aromatic rings. The second kappa shape index (κ2) is 7.93. The standard InChI is InChI=1S/C18H18Br2N2O5/c1-9-11(19)7-12(20)17-21-16(27-18(23)24)8-13(22(9)17)10-4-5-14(25-2)15(6-10)26-3/h4-7,13,16H,8H2,1-3H3,(H,23,24). The van der Waals surface area contributed by atoms with Gasteiger partial charge in [-0.3, -0.25) is 0 Å². The fourth-order valence-corrected chi connectivity index (χ4v) is 4.45. The number of nitrogens with zero attached hydrogens (tertiary/aromatic N) is 2. The van der Waals surface area contributed by atoms with E-state index in [0.717, 1.165) is 20.2 Å². The van der Waals surface area contributed by atoms with Crippen LogP contribution >= 0.6 is 31.9 Å². The van der Waals surface area contributed by atoms with Crippen molar-refractivity contribution in [3.63, 3.8) is 0 Å². The Hall–Kier alpha value is -2.00. The summed E-state index contributed by atoms with van der Waals surface area (Å²) in [6, 6.07) is 5.45. The molecule has 3 rings (SSSR count). The summed E-state index contributed by atoms with van der Waals surface area (Å²) in [6.45, 7) is 1.97. The number of rotatable bonds is 4. The Morgan fingerprint density at radius 3 is 2.59 bits per heavy atom. The fraction of sp³-hybridized carbons (Fsp3) is 0.333. The molecule has 27 heavy (non-hydrogen) atoms. The third kappa shape index (κ3) is 3.84. The highest BCUT2D eigenvalue weighted by Gasteiger charge is 2.38. The van der Waals surface area contributed by atoms with E-state index < -0.39 is 12.4 Å². The molecule has 1 aromatic carbocycles. The Kier molecular flexibility index (Phi) is 5.81. The van der Waals surface area contributed by atoms with Gasteiger partial charge in [0.25, 0.3) is 0 Å². The number of halogens is 2. The van der Waals surface area contributed by atoms with Gasteiger partial charge >= 0.3 is 6.16 Å². The molecule has 0 amide bonds. The highest BCUT2D eigenvalue weighted by Crippen LogP contribution is 2.43. The van der Waals surface area contributed by atoms with Crippen molar-refractivity contribution in [3.8, 4) is 11.5 Å². The Morgan fingerprint density at radius 2 is 1.96 bits per heavy atom. The zero-order chi connectivity index (χ0) is 19.7. The first-order valence-electron chi connectivity index (χ1n) is 8.08. The summed E-state index contributed by atoms with van der Waals surface area (Å²) in [5.74, 6) is 1.84. The molecule has 2 unspecified atom stereocenters. The normalized spacial score (nSPS) is 21.9. The Morgan fingerprint density at radius 1 is 1.26 bits per heavy atom. The summed E-state index contributed by atoms with van der Waals surface area (Å²) in [5, 5.41) is 9.04. The lowest BCUT2D eigenvalue weighted by molar-refractivity contribution is 0.0380. The number of hydrogen-bond acceptors (Lipinski definition) is 6. The molecule has 2 heterocycles. The second-order valence-corrected chi connectivity index (χ2v) is 7.66. The van der Waals surface area contributed by atoms with Gasteiger partial charge in [-0.25, -0.2) is 9.79 Å². The summed E-state index contributed by atoms with van der Waals surface area (Å²) >= 11 is 7.09. The molecule has 0 spiro atoms. The van der Waals surface area contributed by atoms with Gasteiger partial charge in [0.15, 0.2) is 11.5 Å². The number of ether oxygens (including phenoxy) is 3. The minimum absolute atomic E-state index is 0.199.